The van der Waals surface area contributed by atoms with E-state index in [9.17, 15) is 0 Å². The molecule has 100 valence electrons. The summed E-state index contributed by atoms with van der Waals surface area (Å²) in [7, 11) is 0. The molecule has 9 nitrogen and oxygen atoms in total. The van der Waals surface area contributed by atoms with Crippen molar-refractivity contribution in [3.8, 4) is 5.95 Å². The Kier molecular flexibility index (Phi) is 3.42. The van der Waals surface area contributed by atoms with Crippen molar-refractivity contribution in [2.75, 3.05) is 5.32 Å². The van der Waals surface area contributed by atoms with Gasteiger partial charge in [0.25, 0.3) is 5.95 Å². The van der Waals surface area contributed by atoms with Crippen LogP contribution in [0.2, 0.25) is 5.28 Å². The molecular weight excluding hydrogens is 282 g/mol. The van der Waals surface area contributed by atoms with E-state index in [2.05, 4.69) is 40.3 Å². The van der Waals surface area contributed by atoms with Gasteiger partial charge in [0.15, 0.2) is 0 Å². The summed E-state index contributed by atoms with van der Waals surface area (Å²) in [5.41, 5.74) is 0.804. The Balaban J connectivity index is 1.80. The third-order valence-corrected chi connectivity index (χ3v) is 2.46. The van der Waals surface area contributed by atoms with Crippen LogP contribution in [0.5, 0.6) is 0 Å². The topological polar surface area (TPSA) is 107 Å². The van der Waals surface area contributed by atoms with E-state index in [1.165, 1.54) is 23.7 Å². The van der Waals surface area contributed by atoms with Crippen LogP contribution in [0, 0.1) is 0 Å². The van der Waals surface area contributed by atoms with Gasteiger partial charge in [0.05, 0.1) is 12.2 Å². The van der Waals surface area contributed by atoms with Crippen molar-refractivity contribution < 1.29 is 0 Å². The predicted molar refractivity (Wildman–Crippen MR) is 69.1 cm³/mol. The fraction of sp³-hybridized carbons (Fsp3) is 0.100. The van der Waals surface area contributed by atoms with Crippen LogP contribution in [-0.4, -0.2) is 39.7 Å². The van der Waals surface area contributed by atoms with Gasteiger partial charge in [0.2, 0.25) is 11.2 Å². The zero-order valence-electron chi connectivity index (χ0n) is 10.0. The summed E-state index contributed by atoms with van der Waals surface area (Å²) in [5.74, 6) is 0.613. The molecule has 0 amide bonds. The normalized spacial score (nSPS) is 10.4. The van der Waals surface area contributed by atoms with Gasteiger partial charge in [0.1, 0.15) is 19.0 Å². The van der Waals surface area contributed by atoms with Crippen LogP contribution in [0.1, 0.15) is 5.69 Å². The van der Waals surface area contributed by atoms with Crippen LogP contribution in [0.25, 0.3) is 5.95 Å². The van der Waals surface area contributed by atoms with E-state index in [-0.39, 0.29) is 11.2 Å². The maximum Gasteiger partial charge on any atom is 0.258 e. The Hall–Kier alpha value is -2.68. The summed E-state index contributed by atoms with van der Waals surface area (Å²) in [6, 6.07) is 1.79. The first kappa shape index (κ1) is 12.4. The molecule has 0 aliphatic rings. The van der Waals surface area contributed by atoms with Gasteiger partial charge in [-0.25, -0.2) is 15.0 Å². The second-order valence-corrected chi connectivity index (χ2v) is 3.96. The van der Waals surface area contributed by atoms with Crippen molar-refractivity contribution >= 4 is 17.5 Å². The third-order valence-electron chi connectivity index (χ3n) is 2.29. The Bertz CT molecular complexity index is 685. The maximum atomic E-state index is 5.86. The largest absolute Gasteiger partial charge is 0.348 e. The quantitative estimate of drug-likeness (QED) is 0.740. The Morgan fingerprint density at radius 2 is 2.10 bits per heavy atom. The van der Waals surface area contributed by atoms with Gasteiger partial charge in [-0.2, -0.15) is 24.7 Å². The van der Waals surface area contributed by atoms with Crippen molar-refractivity contribution in [3.05, 3.63) is 42.2 Å². The second kappa shape index (κ2) is 5.53. The van der Waals surface area contributed by atoms with Gasteiger partial charge in [-0.3, -0.25) is 0 Å². The first-order valence-corrected chi connectivity index (χ1v) is 5.94. The number of nitrogens with one attached hydrogen (secondary N) is 1. The number of nitrogens with zero attached hydrogens (tertiary/aromatic N) is 8. The van der Waals surface area contributed by atoms with Crippen LogP contribution in [0.15, 0.2) is 31.2 Å². The number of hydrogen-bond donors (Lipinski definition) is 1. The maximum absolute atomic E-state index is 5.86. The van der Waals surface area contributed by atoms with Gasteiger partial charge in [0, 0.05) is 6.20 Å². The van der Waals surface area contributed by atoms with E-state index in [4.69, 9.17) is 11.6 Å². The van der Waals surface area contributed by atoms with E-state index in [1.54, 1.807) is 12.3 Å². The number of anilines is 1. The van der Waals surface area contributed by atoms with E-state index < -0.39 is 0 Å². The van der Waals surface area contributed by atoms with Crippen LogP contribution in [-0.2, 0) is 6.54 Å². The second-order valence-electron chi connectivity index (χ2n) is 3.62. The highest BCUT2D eigenvalue weighted by molar-refractivity contribution is 6.28. The van der Waals surface area contributed by atoms with Crippen molar-refractivity contribution in [1.82, 2.24) is 39.7 Å². The molecule has 20 heavy (non-hydrogen) atoms. The lowest BCUT2D eigenvalue weighted by Crippen LogP contribution is -2.10. The van der Waals surface area contributed by atoms with E-state index >= 15 is 0 Å². The first-order valence-electron chi connectivity index (χ1n) is 5.56. The summed E-state index contributed by atoms with van der Waals surface area (Å²) in [5, 5.41) is 7.00. The minimum Gasteiger partial charge on any atom is -0.348 e. The molecule has 10 heteroatoms. The number of hydrogen-bond acceptors (Lipinski definition) is 8. The lowest BCUT2D eigenvalue weighted by molar-refractivity contribution is 0.792. The van der Waals surface area contributed by atoms with E-state index in [1.807, 2.05) is 0 Å². The van der Waals surface area contributed by atoms with Crippen LogP contribution in [0.3, 0.4) is 0 Å². The lowest BCUT2D eigenvalue weighted by atomic mass is 10.4. The molecule has 0 unspecified atom stereocenters. The first-order chi connectivity index (χ1) is 9.81. The smallest absolute Gasteiger partial charge is 0.258 e. The fourth-order valence-electron chi connectivity index (χ4n) is 1.42. The standard InChI is InChI=1S/C10H8ClN9/c11-8-17-9(14-3-7-1-2-12-4-15-7)19-10(18-8)20-6-13-5-16-20/h1-2,4-6H,3H2,(H,14,17,18,19). The van der Waals surface area contributed by atoms with Crippen LogP contribution in [0.4, 0.5) is 5.95 Å². The molecule has 0 aromatic carbocycles. The van der Waals surface area contributed by atoms with Crippen LogP contribution >= 0.6 is 11.6 Å². The van der Waals surface area contributed by atoms with Crippen molar-refractivity contribution in [2.24, 2.45) is 0 Å². The van der Waals surface area contributed by atoms with Crippen molar-refractivity contribution in [2.45, 2.75) is 6.54 Å². The molecule has 3 aromatic rings. The molecule has 0 radical (unpaired) electrons. The highest BCUT2D eigenvalue weighted by Crippen LogP contribution is 2.09. The number of aromatic nitrogens is 8. The van der Waals surface area contributed by atoms with Gasteiger partial charge in [-0.05, 0) is 17.7 Å². The van der Waals surface area contributed by atoms with Gasteiger partial charge in [-0.15, -0.1) is 0 Å². The molecule has 1 N–H and O–H groups in total. The minimum atomic E-state index is 0.0655. The SMILES string of the molecule is Clc1nc(NCc2ccncn2)nc(-n2cncn2)n1. The summed E-state index contributed by atoms with van der Waals surface area (Å²) in [6.45, 7) is 0.444. The molecule has 3 aromatic heterocycles. The molecule has 0 bridgehead atoms. The summed E-state index contributed by atoms with van der Waals surface area (Å²) >= 11 is 5.86. The van der Waals surface area contributed by atoms with Gasteiger partial charge in [-0.1, -0.05) is 0 Å². The molecule has 0 fully saturated rings. The Morgan fingerprint density at radius 1 is 1.15 bits per heavy atom. The predicted octanol–water partition coefficient (Wildman–Crippen LogP) is 0.508. The lowest BCUT2D eigenvalue weighted by Gasteiger charge is -2.05. The zero-order valence-corrected chi connectivity index (χ0v) is 10.8. The fourth-order valence-corrected chi connectivity index (χ4v) is 1.58. The van der Waals surface area contributed by atoms with E-state index in [0.29, 0.717) is 12.5 Å². The van der Waals surface area contributed by atoms with Crippen LogP contribution < -0.4 is 5.32 Å². The molecule has 0 saturated carbocycles. The molecule has 0 aliphatic carbocycles. The molecule has 0 aliphatic heterocycles. The molecule has 3 heterocycles. The van der Waals surface area contributed by atoms with Crippen molar-refractivity contribution in [1.29, 1.82) is 0 Å². The third kappa shape index (κ3) is 2.83. The zero-order chi connectivity index (χ0) is 13.8. The van der Waals surface area contributed by atoms with Gasteiger partial charge < -0.3 is 5.32 Å². The minimum absolute atomic E-state index is 0.0655. The highest BCUT2D eigenvalue weighted by Gasteiger charge is 2.07. The van der Waals surface area contributed by atoms with Gasteiger partial charge >= 0.3 is 0 Å². The van der Waals surface area contributed by atoms with E-state index in [0.717, 1.165) is 5.69 Å². The molecule has 3 rings (SSSR count). The number of halogens is 1. The number of rotatable bonds is 4. The van der Waals surface area contributed by atoms with Crippen molar-refractivity contribution in [3.63, 3.8) is 0 Å². The monoisotopic (exact) mass is 289 g/mol. The molecule has 0 saturated heterocycles. The molecular formula is C10H8ClN9. The Labute approximate surface area is 118 Å². The average Bonchev–Trinajstić information content (AvgIpc) is 3.00. The summed E-state index contributed by atoms with van der Waals surface area (Å²) in [4.78, 5) is 23.9. The summed E-state index contributed by atoms with van der Waals surface area (Å²) in [6.07, 6.45) is 5.98. The average molecular weight is 290 g/mol. The molecule has 0 spiro atoms. The molecule has 0 atom stereocenters. The highest BCUT2D eigenvalue weighted by atomic mass is 35.5. The Morgan fingerprint density at radius 3 is 2.85 bits per heavy atom. The summed E-state index contributed by atoms with van der Waals surface area (Å²) < 4.78 is 1.39.